The van der Waals surface area contributed by atoms with Crippen LogP contribution in [0.15, 0.2) is 12.4 Å². The summed E-state index contributed by atoms with van der Waals surface area (Å²) in [6.07, 6.45) is 4.87. The van der Waals surface area contributed by atoms with E-state index in [1.54, 1.807) is 6.20 Å². The van der Waals surface area contributed by atoms with Crippen molar-refractivity contribution in [1.82, 2.24) is 20.6 Å². The molecule has 0 bridgehead atoms. The van der Waals surface area contributed by atoms with Crippen LogP contribution >= 0.6 is 0 Å². The quantitative estimate of drug-likeness (QED) is 0.632. The third-order valence-corrected chi connectivity index (χ3v) is 2.48. The lowest BCUT2D eigenvalue weighted by molar-refractivity contribution is 0.465. The fourth-order valence-corrected chi connectivity index (χ4v) is 1.74. The highest BCUT2D eigenvalue weighted by Crippen LogP contribution is 2.09. The van der Waals surface area contributed by atoms with Crippen molar-refractivity contribution in [2.75, 3.05) is 13.1 Å². The van der Waals surface area contributed by atoms with Gasteiger partial charge in [-0.3, -0.25) is 0 Å². The van der Waals surface area contributed by atoms with Crippen molar-refractivity contribution >= 4 is 0 Å². The molecule has 0 aliphatic carbocycles. The van der Waals surface area contributed by atoms with Gasteiger partial charge in [0.25, 0.3) is 0 Å². The SMILES string of the molecule is CC(NC1CCNC1)c1ncc[nH]1. The van der Waals surface area contributed by atoms with E-state index in [2.05, 4.69) is 27.5 Å². The minimum atomic E-state index is 0.319. The van der Waals surface area contributed by atoms with E-state index in [1.165, 1.54) is 6.42 Å². The number of aromatic amines is 1. The molecule has 2 rings (SSSR count). The Bertz CT molecular complexity index is 238. The van der Waals surface area contributed by atoms with Gasteiger partial charge < -0.3 is 15.6 Å². The molecule has 1 aromatic rings. The number of nitrogens with one attached hydrogen (secondary N) is 3. The molecule has 1 aliphatic rings. The summed E-state index contributed by atoms with van der Waals surface area (Å²) in [5.74, 6) is 1.02. The molecule has 0 saturated carbocycles. The molecular formula is C9H16N4. The first-order valence-corrected chi connectivity index (χ1v) is 4.82. The van der Waals surface area contributed by atoms with Crippen molar-refractivity contribution in [1.29, 1.82) is 0 Å². The number of nitrogens with zero attached hydrogens (tertiary/aromatic N) is 1. The average molecular weight is 180 g/mol. The van der Waals surface area contributed by atoms with E-state index in [0.717, 1.165) is 18.9 Å². The highest BCUT2D eigenvalue weighted by atomic mass is 15.1. The van der Waals surface area contributed by atoms with Crippen LogP contribution in [0, 0.1) is 0 Å². The van der Waals surface area contributed by atoms with E-state index in [1.807, 2.05) is 6.20 Å². The van der Waals surface area contributed by atoms with E-state index in [9.17, 15) is 0 Å². The number of imidazole rings is 1. The predicted molar refractivity (Wildman–Crippen MR) is 51.4 cm³/mol. The van der Waals surface area contributed by atoms with Gasteiger partial charge in [0, 0.05) is 25.0 Å². The lowest BCUT2D eigenvalue weighted by Crippen LogP contribution is -2.33. The van der Waals surface area contributed by atoms with Crippen LogP contribution < -0.4 is 10.6 Å². The number of hydrogen-bond acceptors (Lipinski definition) is 3. The normalized spacial score (nSPS) is 24.8. The second-order valence-electron chi connectivity index (χ2n) is 3.55. The number of aromatic nitrogens is 2. The lowest BCUT2D eigenvalue weighted by Gasteiger charge is -2.16. The second kappa shape index (κ2) is 3.89. The van der Waals surface area contributed by atoms with Crippen LogP contribution in [0.2, 0.25) is 0 Å². The molecule has 0 radical (unpaired) electrons. The van der Waals surface area contributed by atoms with Crippen LogP contribution in [0.5, 0.6) is 0 Å². The first-order valence-electron chi connectivity index (χ1n) is 4.82. The van der Waals surface area contributed by atoms with E-state index >= 15 is 0 Å². The Hall–Kier alpha value is -0.870. The van der Waals surface area contributed by atoms with E-state index in [-0.39, 0.29) is 0 Å². The highest BCUT2D eigenvalue weighted by Gasteiger charge is 2.17. The second-order valence-corrected chi connectivity index (χ2v) is 3.55. The molecule has 4 heteroatoms. The maximum absolute atomic E-state index is 4.22. The molecule has 1 fully saturated rings. The molecule has 3 N–H and O–H groups in total. The van der Waals surface area contributed by atoms with Gasteiger partial charge in [0.15, 0.2) is 0 Å². The zero-order chi connectivity index (χ0) is 9.10. The molecule has 72 valence electrons. The molecule has 4 nitrogen and oxygen atoms in total. The van der Waals surface area contributed by atoms with Crippen LogP contribution in [0.1, 0.15) is 25.2 Å². The summed E-state index contributed by atoms with van der Waals surface area (Å²) in [7, 11) is 0. The molecule has 1 aliphatic heterocycles. The third-order valence-electron chi connectivity index (χ3n) is 2.48. The Balaban J connectivity index is 1.87. The summed E-state index contributed by atoms with van der Waals surface area (Å²) in [5, 5.41) is 6.85. The molecule has 13 heavy (non-hydrogen) atoms. The maximum atomic E-state index is 4.22. The van der Waals surface area contributed by atoms with Crippen LogP contribution in [0.3, 0.4) is 0 Å². The number of rotatable bonds is 3. The lowest BCUT2D eigenvalue weighted by atomic mass is 10.2. The zero-order valence-electron chi connectivity index (χ0n) is 7.88. The maximum Gasteiger partial charge on any atom is 0.122 e. The Morgan fingerprint density at radius 3 is 3.23 bits per heavy atom. The van der Waals surface area contributed by atoms with Crippen LogP contribution in [-0.4, -0.2) is 29.1 Å². The molecule has 0 spiro atoms. The molecular weight excluding hydrogens is 164 g/mol. The van der Waals surface area contributed by atoms with Crippen molar-refractivity contribution in [3.8, 4) is 0 Å². The smallest absolute Gasteiger partial charge is 0.122 e. The van der Waals surface area contributed by atoms with Gasteiger partial charge >= 0.3 is 0 Å². The summed E-state index contributed by atoms with van der Waals surface area (Å²) in [4.78, 5) is 7.34. The molecule has 0 amide bonds. The zero-order valence-corrected chi connectivity index (χ0v) is 7.88. The van der Waals surface area contributed by atoms with E-state index in [4.69, 9.17) is 0 Å². The van der Waals surface area contributed by atoms with Gasteiger partial charge in [-0.25, -0.2) is 4.98 Å². The summed E-state index contributed by atoms with van der Waals surface area (Å²) in [6.45, 7) is 4.34. The van der Waals surface area contributed by atoms with Gasteiger partial charge in [-0.05, 0) is 19.9 Å². The first-order chi connectivity index (χ1) is 6.36. The van der Waals surface area contributed by atoms with Gasteiger partial charge in [-0.1, -0.05) is 0 Å². The summed E-state index contributed by atoms with van der Waals surface area (Å²) in [6, 6.07) is 0.917. The van der Waals surface area contributed by atoms with Crippen molar-refractivity contribution in [2.45, 2.75) is 25.4 Å². The standard InChI is InChI=1S/C9H16N4/c1-7(9-11-4-5-12-9)13-8-2-3-10-6-8/h4-5,7-8,10,13H,2-3,6H2,1H3,(H,11,12). The fraction of sp³-hybridized carbons (Fsp3) is 0.667. The topological polar surface area (TPSA) is 52.7 Å². The van der Waals surface area contributed by atoms with Crippen LogP contribution in [0.4, 0.5) is 0 Å². The molecule has 0 aromatic carbocycles. The molecule has 2 atom stereocenters. The minimum absolute atomic E-state index is 0.319. The van der Waals surface area contributed by atoms with Gasteiger partial charge in [-0.15, -0.1) is 0 Å². The largest absolute Gasteiger partial charge is 0.347 e. The summed E-state index contributed by atoms with van der Waals surface area (Å²) < 4.78 is 0. The van der Waals surface area contributed by atoms with Crippen molar-refractivity contribution in [3.05, 3.63) is 18.2 Å². The Kier molecular flexibility index (Phi) is 2.61. The van der Waals surface area contributed by atoms with Crippen molar-refractivity contribution in [2.24, 2.45) is 0 Å². The summed E-state index contributed by atoms with van der Waals surface area (Å²) >= 11 is 0. The van der Waals surface area contributed by atoms with Crippen molar-refractivity contribution in [3.63, 3.8) is 0 Å². The number of H-pyrrole nitrogens is 1. The third kappa shape index (κ3) is 2.08. The van der Waals surface area contributed by atoms with Gasteiger partial charge in [0.05, 0.1) is 6.04 Å². The fourth-order valence-electron chi connectivity index (χ4n) is 1.74. The Morgan fingerprint density at radius 2 is 2.62 bits per heavy atom. The van der Waals surface area contributed by atoms with Crippen molar-refractivity contribution < 1.29 is 0 Å². The Labute approximate surface area is 78.1 Å². The van der Waals surface area contributed by atoms with Gasteiger partial charge in [0.1, 0.15) is 5.82 Å². The van der Waals surface area contributed by atoms with E-state index in [0.29, 0.717) is 12.1 Å². The molecule has 1 saturated heterocycles. The minimum Gasteiger partial charge on any atom is -0.347 e. The van der Waals surface area contributed by atoms with Gasteiger partial charge in [-0.2, -0.15) is 0 Å². The average Bonchev–Trinajstić information content (AvgIpc) is 2.74. The summed E-state index contributed by atoms with van der Waals surface area (Å²) in [5.41, 5.74) is 0. The molecule has 2 unspecified atom stereocenters. The Morgan fingerprint density at radius 1 is 1.69 bits per heavy atom. The molecule has 1 aromatic heterocycles. The molecule has 2 heterocycles. The number of hydrogen-bond donors (Lipinski definition) is 3. The first kappa shape index (κ1) is 8.72. The van der Waals surface area contributed by atoms with Crippen LogP contribution in [0.25, 0.3) is 0 Å². The predicted octanol–water partition coefficient (Wildman–Crippen LogP) is 0.422. The van der Waals surface area contributed by atoms with Crippen LogP contribution in [-0.2, 0) is 0 Å². The highest BCUT2D eigenvalue weighted by molar-refractivity contribution is 4.95. The monoisotopic (exact) mass is 180 g/mol. The van der Waals surface area contributed by atoms with Gasteiger partial charge in [0.2, 0.25) is 0 Å². The van der Waals surface area contributed by atoms with E-state index < -0.39 is 0 Å².